The van der Waals surface area contributed by atoms with Crippen LogP contribution in [-0.4, -0.2) is 25.7 Å². The number of anilines is 1. The van der Waals surface area contributed by atoms with Crippen LogP contribution in [0.2, 0.25) is 0 Å². The molecule has 1 atom stereocenters. The zero-order chi connectivity index (χ0) is 19.3. The summed E-state index contributed by atoms with van der Waals surface area (Å²) in [7, 11) is 0. The summed E-state index contributed by atoms with van der Waals surface area (Å²) in [5, 5.41) is 7.42. The lowest BCUT2D eigenvalue weighted by Crippen LogP contribution is -2.38. The molecule has 7 heteroatoms. The van der Waals surface area contributed by atoms with Crippen molar-refractivity contribution in [3.8, 4) is 11.5 Å². The molecule has 1 aromatic carbocycles. The Bertz CT molecular complexity index is 910. The van der Waals surface area contributed by atoms with Crippen molar-refractivity contribution in [2.24, 2.45) is 0 Å². The Morgan fingerprint density at radius 3 is 2.64 bits per heavy atom. The average molecular weight is 415 g/mol. The van der Waals surface area contributed by atoms with Gasteiger partial charge in [0.2, 0.25) is 5.91 Å². The van der Waals surface area contributed by atoms with E-state index in [-0.39, 0.29) is 18.5 Å². The molecule has 1 amide bonds. The van der Waals surface area contributed by atoms with Crippen LogP contribution in [0, 0.1) is 0 Å². The molecule has 0 saturated carbocycles. The summed E-state index contributed by atoms with van der Waals surface area (Å²) in [6, 6.07) is 14.0. The smallest absolute Gasteiger partial charge is 0.241 e. The molecule has 4 rings (SSSR count). The second kappa shape index (κ2) is 8.77. The summed E-state index contributed by atoms with van der Waals surface area (Å²) >= 11 is 3.34. The van der Waals surface area contributed by atoms with Crippen LogP contribution in [0.5, 0.6) is 11.5 Å². The first-order valence-corrected chi connectivity index (χ1v) is 11.0. The molecule has 1 aliphatic rings. The minimum Gasteiger partial charge on any atom is -0.486 e. The predicted octanol–water partition coefficient (Wildman–Crippen LogP) is 4.46. The molecule has 0 fully saturated rings. The number of carbonyl (C=O) groups is 1. The maximum Gasteiger partial charge on any atom is 0.241 e. The van der Waals surface area contributed by atoms with E-state index >= 15 is 0 Å². The van der Waals surface area contributed by atoms with E-state index in [1.807, 2.05) is 47.2 Å². The van der Waals surface area contributed by atoms with Crippen molar-refractivity contribution in [3.63, 3.8) is 0 Å². The number of fused-ring (bicyclic) bond motifs is 1. The maximum absolute atomic E-state index is 13.1. The number of thiophene rings is 2. The van der Waals surface area contributed by atoms with Crippen molar-refractivity contribution in [2.45, 2.75) is 19.5 Å². The second-order valence-corrected chi connectivity index (χ2v) is 8.52. The van der Waals surface area contributed by atoms with E-state index in [1.165, 1.54) is 4.88 Å². The van der Waals surface area contributed by atoms with E-state index in [0.717, 1.165) is 16.3 Å². The molecule has 1 aliphatic heterocycles. The van der Waals surface area contributed by atoms with Crippen LogP contribution in [0.3, 0.4) is 0 Å². The largest absolute Gasteiger partial charge is 0.486 e. The third-order valence-electron chi connectivity index (χ3n) is 4.56. The predicted molar refractivity (Wildman–Crippen MR) is 114 cm³/mol. The number of nitrogens with zero attached hydrogens (tertiary/aromatic N) is 1. The Kier molecular flexibility index (Phi) is 5.95. The van der Waals surface area contributed by atoms with Gasteiger partial charge in [-0.25, -0.2) is 0 Å². The molecule has 0 saturated heterocycles. The second-order valence-electron chi connectivity index (χ2n) is 6.51. The normalized spacial score (nSPS) is 13.9. The molecule has 0 spiro atoms. The molecule has 2 aromatic heterocycles. The van der Waals surface area contributed by atoms with Crippen LogP contribution in [-0.2, 0) is 11.3 Å². The van der Waals surface area contributed by atoms with Gasteiger partial charge >= 0.3 is 0 Å². The van der Waals surface area contributed by atoms with Gasteiger partial charge in [-0.3, -0.25) is 4.79 Å². The third kappa shape index (κ3) is 4.38. The number of rotatable bonds is 7. The molecular formula is C21H22N2O3S2. The highest BCUT2D eigenvalue weighted by molar-refractivity contribution is 7.10. The summed E-state index contributed by atoms with van der Waals surface area (Å²) in [6.07, 6.45) is 0. The van der Waals surface area contributed by atoms with E-state index in [2.05, 4.69) is 18.3 Å². The number of ether oxygens (including phenoxy) is 2. The maximum atomic E-state index is 13.1. The number of nitrogens with one attached hydrogen (secondary N) is 1. The van der Waals surface area contributed by atoms with Gasteiger partial charge in [0.1, 0.15) is 13.2 Å². The van der Waals surface area contributed by atoms with Gasteiger partial charge in [0.15, 0.2) is 11.5 Å². The fourth-order valence-corrected chi connectivity index (χ4v) is 4.51. The summed E-state index contributed by atoms with van der Waals surface area (Å²) in [6.45, 7) is 3.95. The van der Waals surface area contributed by atoms with Gasteiger partial charge in [0, 0.05) is 27.5 Å². The van der Waals surface area contributed by atoms with E-state index in [9.17, 15) is 4.79 Å². The number of hydrogen-bond acceptors (Lipinski definition) is 6. The van der Waals surface area contributed by atoms with Gasteiger partial charge in [-0.1, -0.05) is 12.1 Å². The van der Waals surface area contributed by atoms with Crippen molar-refractivity contribution in [2.75, 3.05) is 24.7 Å². The van der Waals surface area contributed by atoms with E-state index in [4.69, 9.17) is 9.47 Å². The topological polar surface area (TPSA) is 50.8 Å². The highest BCUT2D eigenvalue weighted by atomic mass is 32.1. The lowest BCUT2D eigenvalue weighted by molar-refractivity contribution is -0.118. The Balaban J connectivity index is 1.52. The van der Waals surface area contributed by atoms with Gasteiger partial charge in [-0.2, -0.15) is 0 Å². The minimum atomic E-state index is 0.0217. The molecular weight excluding hydrogens is 392 g/mol. The lowest BCUT2D eigenvalue weighted by atomic mass is 10.2. The van der Waals surface area contributed by atoms with E-state index < -0.39 is 0 Å². The lowest BCUT2D eigenvalue weighted by Gasteiger charge is -2.26. The van der Waals surface area contributed by atoms with Gasteiger partial charge in [-0.15, -0.1) is 22.7 Å². The van der Waals surface area contributed by atoms with E-state index in [0.29, 0.717) is 25.5 Å². The number of benzene rings is 1. The molecule has 3 aromatic rings. The standard InChI is InChI=1S/C21H22N2O3S2/c1-15(20-5-3-11-28-20)22-13-21(24)23(14-17-4-2-10-27-17)16-6-7-18-19(12-16)26-9-8-25-18/h2-7,10-12,15,22H,8-9,13-14H2,1H3. The van der Waals surface area contributed by atoms with Gasteiger partial charge in [0.05, 0.1) is 13.1 Å². The monoisotopic (exact) mass is 414 g/mol. The summed E-state index contributed by atoms with van der Waals surface area (Å²) < 4.78 is 11.3. The minimum absolute atomic E-state index is 0.0217. The van der Waals surface area contributed by atoms with Gasteiger partial charge < -0.3 is 19.7 Å². The van der Waals surface area contributed by atoms with Gasteiger partial charge in [0.25, 0.3) is 0 Å². The first-order chi connectivity index (χ1) is 13.7. The summed E-state index contributed by atoms with van der Waals surface area (Å²) in [4.78, 5) is 17.3. The van der Waals surface area contributed by atoms with Crippen LogP contribution in [0.15, 0.2) is 53.2 Å². The highest BCUT2D eigenvalue weighted by Crippen LogP contribution is 2.34. The molecule has 0 radical (unpaired) electrons. The first kappa shape index (κ1) is 19.0. The van der Waals surface area contributed by atoms with Crippen molar-refractivity contribution in [1.82, 2.24) is 5.32 Å². The van der Waals surface area contributed by atoms with Crippen molar-refractivity contribution >= 4 is 34.3 Å². The molecule has 1 unspecified atom stereocenters. The Hall–Kier alpha value is -2.35. The molecule has 28 heavy (non-hydrogen) atoms. The molecule has 3 heterocycles. The van der Waals surface area contributed by atoms with Crippen LogP contribution < -0.4 is 19.7 Å². The fourth-order valence-electron chi connectivity index (χ4n) is 3.06. The molecule has 0 bridgehead atoms. The van der Waals surface area contributed by atoms with Crippen LogP contribution in [0.1, 0.15) is 22.7 Å². The van der Waals surface area contributed by atoms with Crippen LogP contribution in [0.25, 0.3) is 0 Å². The quantitative estimate of drug-likeness (QED) is 0.620. The fraction of sp³-hybridized carbons (Fsp3) is 0.286. The zero-order valence-electron chi connectivity index (χ0n) is 15.6. The molecule has 0 aliphatic carbocycles. The Morgan fingerprint density at radius 1 is 1.11 bits per heavy atom. The Morgan fingerprint density at radius 2 is 1.89 bits per heavy atom. The molecule has 1 N–H and O–H groups in total. The zero-order valence-corrected chi connectivity index (χ0v) is 17.2. The van der Waals surface area contributed by atoms with Crippen LogP contribution in [0.4, 0.5) is 5.69 Å². The summed E-state index contributed by atoms with van der Waals surface area (Å²) in [5.74, 6) is 1.43. The SMILES string of the molecule is CC(NCC(=O)N(Cc1cccs1)c1ccc2c(c1)OCCO2)c1cccs1. The van der Waals surface area contributed by atoms with Crippen LogP contribution >= 0.6 is 22.7 Å². The molecule has 5 nitrogen and oxygen atoms in total. The average Bonchev–Trinajstić information content (AvgIpc) is 3.44. The van der Waals surface area contributed by atoms with Crippen molar-refractivity contribution < 1.29 is 14.3 Å². The first-order valence-electron chi connectivity index (χ1n) is 9.20. The highest BCUT2D eigenvalue weighted by Gasteiger charge is 2.21. The van der Waals surface area contributed by atoms with E-state index in [1.54, 1.807) is 27.6 Å². The van der Waals surface area contributed by atoms with Crippen molar-refractivity contribution in [3.05, 3.63) is 63.0 Å². The molecule has 146 valence electrons. The third-order valence-corrected chi connectivity index (χ3v) is 6.48. The number of amides is 1. The Labute approximate surface area is 172 Å². The number of carbonyl (C=O) groups excluding carboxylic acids is 1. The number of hydrogen-bond donors (Lipinski definition) is 1. The van der Waals surface area contributed by atoms with Crippen molar-refractivity contribution in [1.29, 1.82) is 0 Å². The van der Waals surface area contributed by atoms with Gasteiger partial charge in [-0.05, 0) is 41.9 Å². The summed E-state index contributed by atoms with van der Waals surface area (Å²) in [5.41, 5.74) is 0.813.